The minimum atomic E-state index is -3.79. The van der Waals surface area contributed by atoms with E-state index in [9.17, 15) is 12.8 Å². The number of hydrogen-bond acceptors (Lipinski definition) is 4. The molecule has 0 amide bonds. The Bertz CT molecular complexity index is 594. The third kappa shape index (κ3) is 3.20. The van der Waals surface area contributed by atoms with E-state index in [1.54, 1.807) is 0 Å². The van der Waals surface area contributed by atoms with E-state index in [0.29, 0.717) is 19.4 Å². The van der Waals surface area contributed by atoms with Crippen LogP contribution in [0.25, 0.3) is 0 Å². The molecule has 118 valence electrons. The lowest BCUT2D eigenvalue weighted by Crippen LogP contribution is -2.44. The van der Waals surface area contributed by atoms with Crippen LogP contribution in [0, 0.1) is 12.7 Å². The predicted octanol–water partition coefficient (Wildman–Crippen LogP) is 1.64. The van der Waals surface area contributed by atoms with E-state index in [4.69, 9.17) is 10.8 Å². The van der Waals surface area contributed by atoms with Crippen LogP contribution in [0.3, 0.4) is 0 Å². The van der Waals surface area contributed by atoms with Crippen LogP contribution in [0.5, 0.6) is 0 Å². The largest absolute Gasteiger partial charge is 0.398 e. The highest BCUT2D eigenvalue weighted by Crippen LogP contribution is 2.29. The normalized spacial score (nSPS) is 20.6. The van der Waals surface area contributed by atoms with Crippen molar-refractivity contribution in [2.24, 2.45) is 0 Å². The molecule has 2 rings (SSSR count). The SMILES string of the molecule is Cc1c(N)cc(S(=O)(=O)N2CCCCC2CCO)cc1F. The van der Waals surface area contributed by atoms with Crippen molar-refractivity contribution in [3.8, 4) is 0 Å². The fourth-order valence-corrected chi connectivity index (χ4v) is 4.46. The number of sulfonamides is 1. The molecule has 1 unspecified atom stereocenters. The van der Waals surface area contributed by atoms with Crippen molar-refractivity contribution in [1.82, 2.24) is 4.31 Å². The molecule has 21 heavy (non-hydrogen) atoms. The first-order valence-electron chi connectivity index (χ1n) is 7.06. The van der Waals surface area contributed by atoms with Crippen molar-refractivity contribution < 1.29 is 17.9 Å². The fourth-order valence-electron chi connectivity index (χ4n) is 2.69. The first-order chi connectivity index (χ1) is 9.87. The highest BCUT2D eigenvalue weighted by atomic mass is 32.2. The van der Waals surface area contributed by atoms with Gasteiger partial charge in [-0.3, -0.25) is 0 Å². The summed E-state index contributed by atoms with van der Waals surface area (Å²) in [6.45, 7) is 1.83. The average molecular weight is 316 g/mol. The Kier molecular flexibility index (Phi) is 4.85. The van der Waals surface area contributed by atoms with Gasteiger partial charge in [0.25, 0.3) is 0 Å². The van der Waals surface area contributed by atoms with Crippen molar-refractivity contribution in [1.29, 1.82) is 0 Å². The van der Waals surface area contributed by atoms with Crippen LogP contribution in [-0.4, -0.2) is 37.0 Å². The second-order valence-electron chi connectivity index (χ2n) is 5.40. The molecule has 3 N–H and O–H groups in total. The Morgan fingerprint density at radius 2 is 2.14 bits per heavy atom. The van der Waals surface area contributed by atoms with Gasteiger partial charge in [0.15, 0.2) is 0 Å². The van der Waals surface area contributed by atoms with Crippen LogP contribution in [0.15, 0.2) is 17.0 Å². The zero-order chi connectivity index (χ0) is 15.6. The van der Waals surface area contributed by atoms with Gasteiger partial charge >= 0.3 is 0 Å². The number of piperidine rings is 1. The number of nitrogens with two attached hydrogens (primary N) is 1. The van der Waals surface area contributed by atoms with Crippen LogP contribution in [0.2, 0.25) is 0 Å². The number of rotatable bonds is 4. The Labute approximate surface area is 124 Å². The number of halogens is 1. The van der Waals surface area contributed by atoms with Crippen LogP contribution >= 0.6 is 0 Å². The molecule has 1 saturated heterocycles. The zero-order valence-corrected chi connectivity index (χ0v) is 12.9. The van der Waals surface area contributed by atoms with Gasteiger partial charge in [-0.2, -0.15) is 4.31 Å². The minimum absolute atomic E-state index is 0.0684. The molecule has 0 saturated carbocycles. The summed E-state index contributed by atoms with van der Waals surface area (Å²) in [4.78, 5) is -0.118. The molecule has 1 aromatic carbocycles. The van der Waals surface area contributed by atoms with Gasteiger partial charge in [-0.05, 0) is 38.3 Å². The molecule has 1 aliphatic heterocycles. The Hall–Kier alpha value is -1.18. The summed E-state index contributed by atoms with van der Waals surface area (Å²) in [5, 5.41) is 9.10. The van der Waals surface area contributed by atoms with Crippen LogP contribution in [-0.2, 0) is 10.0 Å². The molecule has 0 bridgehead atoms. The monoisotopic (exact) mass is 316 g/mol. The third-order valence-electron chi connectivity index (χ3n) is 4.00. The molecule has 0 spiro atoms. The highest BCUT2D eigenvalue weighted by Gasteiger charge is 2.33. The first-order valence-corrected chi connectivity index (χ1v) is 8.50. The number of nitrogens with zero attached hydrogens (tertiary/aromatic N) is 1. The van der Waals surface area contributed by atoms with Crippen molar-refractivity contribution in [2.75, 3.05) is 18.9 Å². The highest BCUT2D eigenvalue weighted by molar-refractivity contribution is 7.89. The van der Waals surface area contributed by atoms with Crippen molar-refractivity contribution >= 4 is 15.7 Å². The molecule has 0 radical (unpaired) electrons. The number of hydrogen-bond donors (Lipinski definition) is 2. The van der Waals surface area contributed by atoms with Crippen molar-refractivity contribution in [2.45, 2.75) is 43.5 Å². The summed E-state index contributed by atoms with van der Waals surface area (Å²) in [6.07, 6.45) is 2.80. The second-order valence-corrected chi connectivity index (χ2v) is 7.29. The summed E-state index contributed by atoms with van der Waals surface area (Å²) < 4.78 is 40.6. The van der Waals surface area contributed by atoms with E-state index in [2.05, 4.69) is 0 Å². The standard InChI is InChI=1S/C14H21FN2O3S/c1-10-13(15)8-12(9-14(10)16)21(19,20)17-6-3-2-4-11(17)5-7-18/h8-9,11,18H,2-7,16H2,1H3. The summed E-state index contributed by atoms with van der Waals surface area (Å²) in [7, 11) is -3.79. The van der Waals surface area contributed by atoms with Crippen LogP contribution in [0.4, 0.5) is 10.1 Å². The molecule has 0 aromatic heterocycles. The Morgan fingerprint density at radius 1 is 1.43 bits per heavy atom. The molecule has 1 fully saturated rings. The van der Waals surface area contributed by atoms with E-state index in [0.717, 1.165) is 18.9 Å². The molecular weight excluding hydrogens is 295 g/mol. The van der Waals surface area contributed by atoms with E-state index in [-0.39, 0.29) is 28.8 Å². The maximum atomic E-state index is 13.8. The minimum Gasteiger partial charge on any atom is -0.398 e. The lowest BCUT2D eigenvalue weighted by molar-refractivity contribution is 0.192. The Balaban J connectivity index is 2.40. The molecule has 0 aliphatic carbocycles. The maximum Gasteiger partial charge on any atom is 0.243 e. The number of benzene rings is 1. The summed E-state index contributed by atoms with van der Waals surface area (Å²) in [5.74, 6) is -0.621. The van der Waals surface area contributed by atoms with Crippen molar-refractivity contribution in [3.63, 3.8) is 0 Å². The third-order valence-corrected chi connectivity index (χ3v) is 5.93. The van der Waals surface area contributed by atoms with Gasteiger partial charge < -0.3 is 10.8 Å². The van der Waals surface area contributed by atoms with E-state index >= 15 is 0 Å². The van der Waals surface area contributed by atoms with Gasteiger partial charge in [0, 0.05) is 30.4 Å². The predicted molar refractivity (Wildman–Crippen MR) is 78.8 cm³/mol. The number of nitrogen functional groups attached to an aromatic ring is 1. The lowest BCUT2D eigenvalue weighted by Gasteiger charge is -2.34. The van der Waals surface area contributed by atoms with E-state index in [1.165, 1.54) is 17.3 Å². The molecule has 1 aromatic rings. The van der Waals surface area contributed by atoms with Crippen LogP contribution < -0.4 is 5.73 Å². The molecule has 1 atom stereocenters. The van der Waals surface area contributed by atoms with Gasteiger partial charge in [-0.25, -0.2) is 12.8 Å². The van der Waals surface area contributed by atoms with Crippen LogP contribution in [0.1, 0.15) is 31.2 Å². The average Bonchev–Trinajstić information content (AvgIpc) is 2.45. The van der Waals surface area contributed by atoms with Gasteiger partial charge in [0.1, 0.15) is 5.82 Å². The van der Waals surface area contributed by atoms with Gasteiger partial charge in [-0.1, -0.05) is 6.42 Å². The second kappa shape index (κ2) is 6.29. The van der Waals surface area contributed by atoms with Gasteiger partial charge in [-0.15, -0.1) is 0 Å². The van der Waals surface area contributed by atoms with Gasteiger partial charge in [0.2, 0.25) is 10.0 Å². The van der Waals surface area contributed by atoms with Crippen molar-refractivity contribution in [3.05, 3.63) is 23.5 Å². The topological polar surface area (TPSA) is 83.6 Å². The quantitative estimate of drug-likeness (QED) is 0.827. The maximum absolute atomic E-state index is 13.8. The first kappa shape index (κ1) is 16.2. The molecule has 7 heteroatoms. The van der Waals surface area contributed by atoms with E-state index < -0.39 is 15.8 Å². The summed E-state index contributed by atoms with van der Waals surface area (Å²) in [6, 6.07) is 2.09. The molecule has 1 heterocycles. The number of aliphatic hydroxyl groups excluding tert-OH is 1. The molecule has 5 nitrogen and oxygen atoms in total. The van der Waals surface area contributed by atoms with Gasteiger partial charge in [0.05, 0.1) is 4.90 Å². The lowest BCUT2D eigenvalue weighted by atomic mass is 10.0. The zero-order valence-electron chi connectivity index (χ0n) is 12.0. The number of aliphatic hydroxyl groups is 1. The fraction of sp³-hybridized carbons (Fsp3) is 0.571. The molecular formula is C14H21FN2O3S. The smallest absolute Gasteiger partial charge is 0.243 e. The van der Waals surface area contributed by atoms with E-state index in [1.807, 2.05) is 0 Å². The summed E-state index contributed by atoms with van der Waals surface area (Å²) in [5.41, 5.74) is 6.06. The number of anilines is 1. The Morgan fingerprint density at radius 3 is 2.76 bits per heavy atom. The summed E-state index contributed by atoms with van der Waals surface area (Å²) >= 11 is 0. The molecule has 1 aliphatic rings.